The monoisotopic (exact) mass is 313 g/mol. The van der Waals surface area contributed by atoms with E-state index in [0.717, 1.165) is 5.56 Å². The van der Waals surface area contributed by atoms with Gasteiger partial charge in [-0.1, -0.05) is 35.5 Å². The molecule has 1 aliphatic rings. The number of piperidine rings is 1. The first kappa shape index (κ1) is 17.1. The average Bonchev–Trinajstić information content (AvgIpc) is 2.53. The lowest BCUT2D eigenvalue weighted by Gasteiger charge is -2.30. The van der Waals surface area contributed by atoms with Gasteiger partial charge in [-0.25, -0.2) is 4.79 Å². The molecule has 0 aromatic heterocycles. The molecule has 1 amide bonds. The van der Waals surface area contributed by atoms with Gasteiger partial charge < -0.3 is 20.6 Å². The lowest BCUT2D eigenvalue weighted by molar-refractivity contribution is 0.0862. The quantitative estimate of drug-likeness (QED) is 0.387. The average molecular weight is 314 g/mol. The molecule has 7 heteroatoms. The summed E-state index contributed by atoms with van der Waals surface area (Å²) in [5.74, 6) is 0.278. The lowest BCUT2D eigenvalue weighted by Crippen LogP contribution is -2.42. The number of halogens is 1. The molecule has 1 aliphatic heterocycles. The van der Waals surface area contributed by atoms with Crippen LogP contribution in [0, 0.1) is 5.92 Å². The van der Waals surface area contributed by atoms with Gasteiger partial charge in [0.2, 0.25) is 0 Å². The molecule has 116 valence electrons. The number of hydrogen-bond acceptors (Lipinski definition) is 4. The Kier molecular flexibility index (Phi) is 6.81. The van der Waals surface area contributed by atoms with Crippen molar-refractivity contribution in [3.05, 3.63) is 35.9 Å². The second-order valence-electron chi connectivity index (χ2n) is 4.83. The second kappa shape index (κ2) is 8.36. The zero-order valence-electron chi connectivity index (χ0n) is 11.6. The molecule has 0 atom stereocenters. The first-order chi connectivity index (χ1) is 9.70. The molecule has 0 saturated carbocycles. The zero-order chi connectivity index (χ0) is 14.4. The topological polar surface area (TPSA) is 88.2 Å². The van der Waals surface area contributed by atoms with Crippen LogP contribution in [0.4, 0.5) is 4.79 Å². The number of carbonyl (C=O) groups is 1. The number of amides is 1. The maximum atomic E-state index is 11.9. The number of likely N-dealkylation sites (tertiary alicyclic amines) is 1. The van der Waals surface area contributed by atoms with Crippen molar-refractivity contribution in [1.29, 1.82) is 0 Å². The summed E-state index contributed by atoms with van der Waals surface area (Å²) in [5, 5.41) is 11.6. The van der Waals surface area contributed by atoms with Crippen LogP contribution < -0.4 is 5.73 Å². The summed E-state index contributed by atoms with van der Waals surface area (Å²) in [7, 11) is 0. The molecule has 1 fully saturated rings. The van der Waals surface area contributed by atoms with Crippen LogP contribution in [0.5, 0.6) is 0 Å². The summed E-state index contributed by atoms with van der Waals surface area (Å²) in [4.78, 5) is 13.6. The Morgan fingerprint density at radius 3 is 2.52 bits per heavy atom. The van der Waals surface area contributed by atoms with Gasteiger partial charge in [0, 0.05) is 19.0 Å². The van der Waals surface area contributed by atoms with Gasteiger partial charge in [-0.05, 0) is 18.4 Å². The van der Waals surface area contributed by atoms with Crippen molar-refractivity contribution in [2.24, 2.45) is 16.8 Å². The molecule has 0 spiro atoms. The highest BCUT2D eigenvalue weighted by atomic mass is 35.5. The minimum atomic E-state index is -0.313. The highest BCUT2D eigenvalue weighted by Gasteiger charge is 2.25. The highest BCUT2D eigenvalue weighted by molar-refractivity contribution is 5.85. The highest BCUT2D eigenvalue weighted by Crippen LogP contribution is 2.18. The van der Waals surface area contributed by atoms with Crippen LogP contribution in [-0.2, 0) is 11.3 Å². The van der Waals surface area contributed by atoms with Crippen LogP contribution in [0.3, 0.4) is 0 Å². The van der Waals surface area contributed by atoms with Gasteiger partial charge in [0.05, 0.1) is 0 Å². The van der Waals surface area contributed by atoms with Crippen molar-refractivity contribution in [3.8, 4) is 0 Å². The van der Waals surface area contributed by atoms with Gasteiger partial charge in [-0.15, -0.1) is 12.4 Å². The molecule has 1 saturated heterocycles. The molecule has 1 heterocycles. The second-order valence-corrected chi connectivity index (χ2v) is 4.83. The van der Waals surface area contributed by atoms with E-state index in [-0.39, 0.29) is 36.9 Å². The van der Waals surface area contributed by atoms with Crippen molar-refractivity contribution < 1.29 is 14.7 Å². The van der Waals surface area contributed by atoms with Gasteiger partial charge in [0.25, 0.3) is 0 Å². The van der Waals surface area contributed by atoms with E-state index in [1.807, 2.05) is 30.3 Å². The van der Waals surface area contributed by atoms with E-state index in [2.05, 4.69) is 5.16 Å². The molecule has 3 N–H and O–H groups in total. The number of benzene rings is 1. The predicted octanol–water partition coefficient (Wildman–Crippen LogP) is 2.20. The van der Waals surface area contributed by atoms with Gasteiger partial charge >= 0.3 is 6.09 Å². The van der Waals surface area contributed by atoms with E-state index in [1.54, 1.807) is 4.90 Å². The van der Waals surface area contributed by atoms with Crippen LogP contribution in [0.1, 0.15) is 18.4 Å². The van der Waals surface area contributed by atoms with Crippen molar-refractivity contribution in [3.63, 3.8) is 0 Å². The van der Waals surface area contributed by atoms with E-state index < -0.39 is 0 Å². The van der Waals surface area contributed by atoms with Crippen LogP contribution in [0.2, 0.25) is 0 Å². The van der Waals surface area contributed by atoms with E-state index in [1.165, 1.54) is 0 Å². The van der Waals surface area contributed by atoms with Crippen LogP contribution in [0.15, 0.2) is 35.5 Å². The van der Waals surface area contributed by atoms with Crippen LogP contribution in [0.25, 0.3) is 0 Å². The Labute approximate surface area is 130 Å². The van der Waals surface area contributed by atoms with Gasteiger partial charge in [-0.3, -0.25) is 0 Å². The Morgan fingerprint density at radius 2 is 1.95 bits per heavy atom. The summed E-state index contributed by atoms with van der Waals surface area (Å²) in [6.45, 7) is 1.41. The van der Waals surface area contributed by atoms with Crippen molar-refractivity contribution in [2.75, 3.05) is 13.1 Å². The van der Waals surface area contributed by atoms with Crippen molar-refractivity contribution >= 4 is 24.3 Å². The number of carbonyl (C=O) groups excluding carboxylic acids is 1. The van der Waals surface area contributed by atoms with Gasteiger partial charge in [0.15, 0.2) is 0 Å². The van der Waals surface area contributed by atoms with Gasteiger partial charge in [0.1, 0.15) is 12.4 Å². The molecule has 2 rings (SSSR count). The molecule has 0 unspecified atom stereocenters. The van der Waals surface area contributed by atoms with Gasteiger partial charge in [-0.2, -0.15) is 0 Å². The Balaban J connectivity index is 0.00000220. The number of hydrogen-bond donors (Lipinski definition) is 2. The standard InChI is InChI=1S/C14H19N3O3.ClH/c15-13(16-19)12-6-8-17(9-7-12)14(18)20-10-11-4-2-1-3-5-11;/h1-5,12,19H,6-10H2,(H2,15,16);1H. The fraction of sp³-hybridized carbons (Fsp3) is 0.429. The Hall–Kier alpha value is -1.95. The SMILES string of the molecule is Cl.NC(=NO)C1CCN(C(=O)OCc2ccccc2)CC1. The van der Waals surface area contributed by atoms with E-state index >= 15 is 0 Å². The molecule has 1 aromatic carbocycles. The fourth-order valence-corrected chi connectivity index (χ4v) is 2.25. The number of oxime groups is 1. The zero-order valence-corrected chi connectivity index (χ0v) is 12.5. The number of rotatable bonds is 3. The van der Waals surface area contributed by atoms with E-state index in [0.29, 0.717) is 25.9 Å². The molecular formula is C14H20ClN3O3. The van der Waals surface area contributed by atoms with Crippen molar-refractivity contribution in [2.45, 2.75) is 19.4 Å². The number of nitrogens with zero attached hydrogens (tertiary/aromatic N) is 2. The lowest BCUT2D eigenvalue weighted by atomic mass is 9.96. The first-order valence-electron chi connectivity index (χ1n) is 6.63. The number of nitrogens with two attached hydrogens (primary N) is 1. The number of amidine groups is 1. The summed E-state index contributed by atoms with van der Waals surface area (Å²) in [6.07, 6.45) is 1.07. The normalized spacial score (nSPS) is 16.2. The fourth-order valence-electron chi connectivity index (χ4n) is 2.25. The van der Waals surface area contributed by atoms with E-state index in [9.17, 15) is 4.79 Å². The minimum Gasteiger partial charge on any atom is -0.445 e. The first-order valence-corrected chi connectivity index (χ1v) is 6.63. The molecule has 0 radical (unpaired) electrons. The predicted molar refractivity (Wildman–Crippen MR) is 81.6 cm³/mol. The molecular weight excluding hydrogens is 294 g/mol. The van der Waals surface area contributed by atoms with Crippen molar-refractivity contribution in [1.82, 2.24) is 4.90 Å². The largest absolute Gasteiger partial charge is 0.445 e. The molecule has 21 heavy (non-hydrogen) atoms. The molecule has 6 nitrogen and oxygen atoms in total. The smallest absolute Gasteiger partial charge is 0.410 e. The third-order valence-corrected chi connectivity index (χ3v) is 3.49. The Morgan fingerprint density at radius 1 is 1.33 bits per heavy atom. The number of ether oxygens (including phenoxy) is 1. The molecule has 0 aliphatic carbocycles. The summed E-state index contributed by atoms with van der Waals surface area (Å²) in [6, 6.07) is 9.57. The summed E-state index contributed by atoms with van der Waals surface area (Å²) >= 11 is 0. The third-order valence-electron chi connectivity index (χ3n) is 3.49. The van der Waals surface area contributed by atoms with Crippen LogP contribution >= 0.6 is 12.4 Å². The summed E-state index contributed by atoms with van der Waals surface area (Å²) in [5.41, 5.74) is 6.53. The maximum Gasteiger partial charge on any atom is 0.410 e. The maximum absolute atomic E-state index is 11.9. The summed E-state index contributed by atoms with van der Waals surface area (Å²) < 4.78 is 5.27. The molecule has 1 aromatic rings. The van der Waals surface area contributed by atoms with E-state index in [4.69, 9.17) is 15.7 Å². The third kappa shape index (κ3) is 4.82. The van der Waals surface area contributed by atoms with Crippen LogP contribution in [-0.4, -0.2) is 35.1 Å². The minimum absolute atomic E-state index is 0. The molecule has 0 bridgehead atoms. The Bertz CT molecular complexity index is 474.